The molecule has 0 heterocycles. The predicted molar refractivity (Wildman–Crippen MR) is 104 cm³/mol. The van der Waals surface area contributed by atoms with E-state index in [0.29, 0.717) is 11.8 Å². The van der Waals surface area contributed by atoms with Crippen molar-refractivity contribution in [2.75, 3.05) is 0 Å². The van der Waals surface area contributed by atoms with Crippen LogP contribution in [0.2, 0.25) is 0 Å². The maximum atomic E-state index is 2.38. The second-order valence-corrected chi connectivity index (χ2v) is 6.88. The van der Waals surface area contributed by atoms with Crippen LogP contribution in [0.3, 0.4) is 0 Å². The average Bonchev–Trinajstić information content (AvgIpc) is 2.63. The molecule has 2 atom stereocenters. The van der Waals surface area contributed by atoms with Gasteiger partial charge in [-0.25, -0.2) is 0 Å². The largest absolute Gasteiger partial charge is 0.0622 e. The Bertz CT molecular complexity index is 814. The maximum Gasteiger partial charge on any atom is 0.00638 e. The first kappa shape index (κ1) is 16.5. The molecule has 3 rings (SSSR count). The monoisotopic (exact) mass is 314 g/mol. The van der Waals surface area contributed by atoms with Gasteiger partial charge in [0.2, 0.25) is 0 Å². The molecule has 0 aromatic heterocycles. The molecule has 3 aromatic carbocycles. The van der Waals surface area contributed by atoms with E-state index in [-0.39, 0.29) is 0 Å². The molecule has 0 N–H and O–H groups in total. The number of hydrogen-bond donors (Lipinski definition) is 0. The topological polar surface area (TPSA) is 0 Å². The highest BCUT2D eigenvalue weighted by atomic mass is 14.2. The minimum atomic E-state index is 0.410. The van der Waals surface area contributed by atoms with E-state index in [4.69, 9.17) is 0 Å². The van der Waals surface area contributed by atoms with E-state index >= 15 is 0 Å². The van der Waals surface area contributed by atoms with Gasteiger partial charge in [-0.3, -0.25) is 0 Å². The van der Waals surface area contributed by atoms with Crippen LogP contribution in [0.5, 0.6) is 0 Å². The number of rotatable bonds is 4. The summed E-state index contributed by atoms with van der Waals surface area (Å²) in [5.74, 6) is 0.824. The van der Waals surface area contributed by atoms with E-state index in [1.54, 1.807) is 0 Å². The third-order valence-corrected chi connectivity index (χ3v) is 5.11. The summed E-state index contributed by atoms with van der Waals surface area (Å²) in [4.78, 5) is 0. The van der Waals surface area contributed by atoms with Gasteiger partial charge in [0.1, 0.15) is 0 Å². The first-order chi connectivity index (χ1) is 11.6. The van der Waals surface area contributed by atoms with Gasteiger partial charge in [0.05, 0.1) is 0 Å². The molecule has 0 saturated carbocycles. The molecule has 3 aromatic rings. The van der Waals surface area contributed by atoms with Gasteiger partial charge >= 0.3 is 0 Å². The standard InChI is InChI=1S/C24H26/c1-17-13-14-18(2)24(15-17)20(4)23-12-8-11-22(16-23)19(3)21-9-6-5-7-10-21/h5-16,19-20H,1-4H3. The lowest BCUT2D eigenvalue weighted by Gasteiger charge is -2.19. The second kappa shape index (κ2) is 7.05. The van der Waals surface area contributed by atoms with Crippen molar-refractivity contribution in [2.45, 2.75) is 39.5 Å². The summed E-state index contributed by atoms with van der Waals surface area (Å²) in [5.41, 5.74) is 8.28. The fraction of sp³-hybridized carbons (Fsp3) is 0.250. The maximum absolute atomic E-state index is 2.38. The molecule has 0 nitrogen and oxygen atoms in total. The molecule has 0 aliphatic carbocycles. The molecule has 0 aliphatic rings. The summed E-state index contributed by atoms with van der Waals surface area (Å²) < 4.78 is 0. The highest BCUT2D eigenvalue weighted by Crippen LogP contribution is 2.31. The molecular formula is C24H26. The van der Waals surface area contributed by atoms with Gasteiger partial charge in [-0.1, -0.05) is 92.2 Å². The smallest absolute Gasteiger partial charge is 0.00638 e. The lowest BCUT2D eigenvalue weighted by atomic mass is 9.86. The van der Waals surface area contributed by atoms with Gasteiger partial charge in [0.25, 0.3) is 0 Å². The molecule has 0 fully saturated rings. The summed E-state index contributed by atoms with van der Waals surface area (Å²) in [7, 11) is 0. The van der Waals surface area contributed by atoms with Crippen LogP contribution in [0.4, 0.5) is 0 Å². The van der Waals surface area contributed by atoms with Gasteiger partial charge in [0.15, 0.2) is 0 Å². The Balaban J connectivity index is 1.94. The van der Waals surface area contributed by atoms with Gasteiger partial charge in [-0.15, -0.1) is 0 Å². The van der Waals surface area contributed by atoms with E-state index in [9.17, 15) is 0 Å². The molecule has 0 radical (unpaired) electrons. The van der Waals surface area contributed by atoms with Crippen LogP contribution in [0.15, 0.2) is 72.8 Å². The molecule has 0 aliphatic heterocycles. The Morgan fingerprint density at radius 1 is 0.583 bits per heavy atom. The van der Waals surface area contributed by atoms with Crippen LogP contribution in [0, 0.1) is 13.8 Å². The Morgan fingerprint density at radius 3 is 1.92 bits per heavy atom. The summed E-state index contributed by atoms with van der Waals surface area (Å²) in [5, 5.41) is 0. The number of aryl methyl sites for hydroxylation is 2. The first-order valence-corrected chi connectivity index (χ1v) is 8.78. The van der Waals surface area contributed by atoms with E-state index in [2.05, 4.69) is 100 Å². The molecule has 0 amide bonds. The lowest BCUT2D eigenvalue weighted by Crippen LogP contribution is -2.02. The summed E-state index contributed by atoms with van der Waals surface area (Å²) in [6, 6.07) is 26.6. The first-order valence-electron chi connectivity index (χ1n) is 8.78. The minimum Gasteiger partial charge on any atom is -0.0622 e. The lowest BCUT2D eigenvalue weighted by molar-refractivity contribution is 0.880. The van der Waals surface area contributed by atoms with Crippen LogP contribution in [-0.4, -0.2) is 0 Å². The van der Waals surface area contributed by atoms with Crippen LogP contribution < -0.4 is 0 Å². The Morgan fingerprint density at radius 2 is 1.21 bits per heavy atom. The molecule has 122 valence electrons. The van der Waals surface area contributed by atoms with Crippen molar-refractivity contribution in [1.29, 1.82) is 0 Å². The van der Waals surface area contributed by atoms with Crippen molar-refractivity contribution in [3.8, 4) is 0 Å². The molecular weight excluding hydrogens is 288 g/mol. The Labute approximate surface area is 146 Å². The summed E-state index contributed by atoms with van der Waals surface area (Å²) in [6.07, 6.45) is 0. The van der Waals surface area contributed by atoms with Crippen molar-refractivity contribution in [1.82, 2.24) is 0 Å². The summed E-state index contributed by atoms with van der Waals surface area (Å²) in [6.45, 7) is 8.98. The van der Waals surface area contributed by atoms with Crippen LogP contribution in [0.25, 0.3) is 0 Å². The van der Waals surface area contributed by atoms with Gasteiger partial charge in [0, 0.05) is 11.8 Å². The fourth-order valence-corrected chi connectivity index (χ4v) is 3.44. The van der Waals surface area contributed by atoms with Crippen LogP contribution >= 0.6 is 0 Å². The van der Waals surface area contributed by atoms with E-state index in [0.717, 1.165) is 0 Å². The van der Waals surface area contributed by atoms with E-state index in [1.165, 1.54) is 33.4 Å². The average molecular weight is 314 g/mol. The number of benzene rings is 3. The van der Waals surface area contributed by atoms with E-state index in [1.807, 2.05) is 0 Å². The minimum absolute atomic E-state index is 0.410. The number of hydrogen-bond acceptors (Lipinski definition) is 0. The Kier molecular flexibility index (Phi) is 4.85. The van der Waals surface area contributed by atoms with Crippen molar-refractivity contribution in [3.63, 3.8) is 0 Å². The van der Waals surface area contributed by atoms with Crippen molar-refractivity contribution in [2.24, 2.45) is 0 Å². The molecule has 0 bridgehead atoms. The highest BCUT2D eigenvalue weighted by molar-refractivity contribution is 5.42. The molecule has 0 heteroatoms. The summed E-state index contributed by atoms with van der Waals surface area (Å²) >= 11 is 0. The van der Waals surface area contributed by atoms with Crippen molar-refractivity contribution >= 4 is 0 Å². The normalized spacial score (nSPS) is 13.5. The predicted octanol–water partition coefficient (Wildman–Crippen LogP) is 6.61. The molecule has 0 spiro atoms. The van der Waals surface area contributed by atoms with Crippen molar-refractivity contribution in [3.05, 3.63) is 106 Å². The van der Waals surface area contributed by atoms with Crippen molar-refractivity contribution < 1.29 is 0 Å². The van der Waals surface area contributed by atoms with Gasteiger partial charge < -0.3 is 0 Å². The third-order valence-electron chi connectivity index (χ3n) is 5.11. The van der Waals surface area contributed by atoms with E-state index < -0.39 is 0 Å². The SMILES string of the molecule is Cc1ccc(C)c(C(C)c2cccc(C(C)c3ccccc3)c2)c1. The molecule has 24 heavy (non-hydrogen) atoms. The zero-order chi connectivity index (χ0) is 17.1. The van der Waals surface area contributed by atoms with Gasteiger partial charge in [-0.2, -0.15) is 0 Å². The molecule has 2 unspecified atom stereocenters. The third kappa shape index (κ3) is 3.43. The van der Waals surface area contributed by atoms with Crippen LogP contribution in [0.1, 0.15) is 59.1 Å². The quantitative estimate of drug-likeness (QED) is 0.508. The fourth-order valence-electron chi connectivity index (χ4n) is 3.44. The molecule has 0 saturated heterocycles. The zero-order valence-corrected chi connectivity index (χ0v) is 15.1. The van der Waals surface area contributed by atoms with Gasteiger partial charge in [-0.05, 0) is 41.7 Å². The second-order valence-electron chi connectivity index (χ2n) is 6.88. The zero-order valence-electron chi connectivity index (χ0n) is 15.1. The Hall–Kier alpha value is -2.34. The van der Waals surface area contributed by atoms with Crippen LogP contribution in [-0.2, 0) is 0 Å². The highest BCUT2D eigenvalue weighted by Gasteiger charge is 2.14.